The molecule has 1 fully saturated rings. The third-order valence-corrected chi connectivity index (χ3v) is 5.41. The lowest BCUT2D eigenvalue weighted by Crippen LogP contribution is -2.19. The number of amidine groups is 1. The van der Waals surface area contributed by atoms with Gasteiger partial charge in [-0.15, -0.1) is 0 Å². The molecule has 6 nitrogen and oxygen atoms in total. The molecule has 1 amide bonds. The van der Waals surface area contributed by atoms with Crippen molar-refractivity contribution in [1.82, 2.24) is 5.32 Å². The number of benzene rings is 2. The Morgan fingerprint density at radius 1 is 1.10 bits per heavy atom. The molecule has 1 saturated heterocycles. The normalized spacial score (nSPS) is 16.2. The smallest absolute Gasteiger partial charge is 0.264 e. The van der Waals surface area contributed by atoms with Crippen LogP contribution in [0.2, 0.25) is 5.02 Å². The van der Waals surface area contributed by atoms with Gasteiger partial charge in [-0.1, -0.05) is 23.7 Å². The van der Waals surface area contributed by atoms with Crippen molar-refractivity contribution < 1.29 is 18.7 Å². The van der Waals surface area contributed by atoms with Gasteiger partial charge in [-0.3, -0.25) is 4.79 Å². The number of rotatable bonds is 5. The summed E-state index contributed by atoms with van der Waals surface area (Å²) in [5.74, 6) is 2.20. The van der Waals surface area contributed by atoms with Crippen LogP contribution in [0.25, 0.3) is 17.4 Å². The fourth-order valence-corrected chi connectivity index (χ4v) is 3.83. The van der Waals surface area contributed by atoms with E-state index in [4.69, 9.17) is 25.5 Å². The lowest BCUT2D eigenvalue weighted by molar-refractivity contribution is -0.115. The van der Waals surface area contributed by atoms with Crippen molar-refractivity contribution in [3.8, 4) is 22.8 Å². The number of carbonyl (C=O) groups is 1. The molecule has 0 radical (unpaired) electrons. The summed E-state index contributed by atoms with van der Waals surface area (Å²) in [6.45, 7) is 0. The molecule has 0 saturated carbocycles. The maximum Gasteiger partial charge on any atom is 0.264 e. The van der Waals surface area contributed by atoms with Crippen LogP contribution in [0.15, 0.2) is 68.9 Å². The van der Waals surface area contributed by atoms with Crippen LogP contribution in [-0.2, 0) is 4.79 Å². The van der Waals surface area contributed by atoms with E-state index in [1.165, 1.54) is 11.8 Å². The average molecular weight is 441 g/mol. The Morgan fingerprint density at radius 2 is 1.97 bits per heavy atom. The number of ether oxygens (including phenoxy) is 2. The first-order valence-electron chi connectivity index (χ1n) is 8.93. The van der Waals surface area contributed by atoms with Crippen molar-refractivity contribution in [1.29, 1.82) is 0 Å². The molecule has 152 valence electrons. The topological polar surface area (TPSA) is 73.1 Å². The number of nitrogens with zero attached hydrogens (tertiary/aromatic N) is 1. The second-order valence-corrected chi connectivity index (χ2v) is 7.70. The van der Waals surface area contributed by atoms with Crippen LogP contribution < -0.4 is 14.8 Å². The van der Waals surface area contributed by atoms with Crippen molar-refractivity contribution in [2.75, 3.05) is 14.2 Å². The maximum absolute atomic E-state index is 12.4. The van der Waals surface area contributed by atoms with Crippen molar-refractivity contribution in [3.63, 3.8) is 0 Å². The van der Waals surface area contributed by atoms with Crippen LogP contribution in [-0.4, -0.2) is 25.3 Å². The molecule has 1 N–H and O–H groups in total. The lowest BCUT2D eigenvalue weighted by Gasteiger charge is -2.07. The predicted octanol–water partition coefficient (Wildman–Crippen LogP) is 5.51. The summed E-state index contributed by atoms with van der Waals surface area (Å²) in [7, 11) is 3.13. The maximum atomic E-state index is 12.4. The molecule has 0 atom stereocenters. The van der Waals surface area contributed by atoms with Gasteiger partial charge in [-0.2, -0.15) is 0 Å². The number of furan rings is 1. The highest BCUT2D eigenvalue weighted by Crippen LogP contribution is 2.35. The number of methoxy groups -OCH3 is 2. The van der Waals surface area contributed by atoms with Gasteiger partial charge >= 0.3 is 0 Å². The van der Waals surface area contributed by atoms with Crippen LogP contribution in [0.4, 0.5) is 5.69 Å². The number of halogens is 1. The average Bonchev–Trinajstić information content (AvgIpc) is 3.35. The Bertz CT molecular complexity index is 1170. The van der Waals surface area contributed by atoms with E-state index in [1.807, 2.05) is 24.3 Å². The third-order valence-electron chi connectivity index (χ3n) is 4.27. The van der Waals surface area contributed by atoms with E-state index in [9.17, 15) is 4.79 Å². The Balaban J connectivity index is 1.56. The second kappa shape index (κ2) is 8.69. The van der Waals surface area contributed by atoms with Gasteiger partial charge in [0.1, 0.15) is 28.7 Å². The lowest BCUT2D eigenvalue weighted by atomic mass is 10.2. The van der Waals surface area contributed by atoms with Crippen LogP contribution in [0, 0.1) is 0 Å². The van der Waals surface area contributed by atoms with Gasteiger partial charge in [0.2, 0.25) is 0 Å². The first-order valence-corrected chi connectivity index (χ1v) is 10.1. The third kappa shape index (κ3) is 4.37. The van der Waals surface area contributed by atoms with Gasteiger partial charge in [0.05, 0.1) is 19.1 Å². The molecule has 0 aliphatic carbocycles. The minimum atomic E-state index is -0.244. The highest BCUT2D eigenvalue weighted by atomic mass is 35.5. The molecule has 4 rings (SSSR count). The quantitative estimate of drug-likeness (QED) is 0.529. The molecular formula is C22H17ClN2O4S. The molecular weight excluding hydrogens is 424 g/mol. The van der Waals surface area contributed by atoms with E-state index in [0.29, 0.717) is 43.8 Å². The summed E-state index contributed by atoms with van der Waals surface area (Å²) in [5, 5.41) is 3.84. The van der Waals surface area contributed by atoms with Gasteiger partial charge < -0.3 is 19.2 Å². The molecule has 2 aromatic carbocycles. The van der Waals surface area contributed by atoms with Gasteiger partial charge in [0, 0.05) is 22.7 Å². The molecule has 30 heavy (non-hydrogen) atoms. The van der Waals surface area contributed by atoms with E-state index >= 15 is 0 Å². The van der Waals surface area contributed by atoms with Crippen LogP contribution in [0.5, 0.6) is 11.5 Å². The van der Waals surface area contributed by atoms with E-state index in [1.54, 1.807) is 50.6 Å². The van der Waals surface area contributed by atoms with E-state index in [-0.39, 0.29) is 5.91 Å². The standard InChI is InChI=1S/C22H17ClN2O4S/c1-27-15-6-8-17(19(11-15)28-2)24-22-25-21(26)20(30-22)12-16-7-9-18(29-16)13-4-3-5-14(23)10-13/h3-12H,1-2H3,(H,24,25,26)/b20-12+. The molecule has 8 heteroatoms. The zero-order chi connectivity index (χ0) is 21.1. The number of nitrogens with one attached hydrogen (secondary N) is 1. The minimum Gasteiger partial charge on any atom is -0.497 e. The van der Waals surface area contributed by atoms with Crippen LogP contribution >= 0.6 is 23.4 Å². The van der Waals surface area contributed by atoms with E-state index in [0.717, 1.165) is 5.56 Å². The minimum absolute atomic E-state index is 0.244. The monoisotopic (exact) mass is 440 g/mol. The molecule has 1 aliphatic rings. The molecule has 1 aliphatic heterocycles. The number of hydrogen-bond donors (Lipinski definition) is 1. The van der Waals surface area contributed by atoms with Crippen molar-refractivity contribution in [2.24, 2.45) is 4.99 Å². The predicted molar refractivity (Wildman–Crippen MR) is 120 cm³/mol. The highest BCUT2D eigenvalue weighted by molar-refractivity contribution is 8.18. The Hall–Kier alpha value is -3.16. The Morgan fingerprint density at radius 3 is 2.73 bits per heavy atom. The molecule has 2 heterocycles. The molecule has 1 aromatic heterocycles. The summed E-state index contributed by atoms with van der Waals surface area (Å²) in [6.07, 6.45) is 1.68. The first-order chi connectivity index (χ1) is 14.6. The summed E-state index contributed by atoms with van der Waals surface area (Å²) in [5.41, 5.74) is 1.45. The zero-order valence-electron chi connectivity index (χ0n) is 16.1. The van der Waals surface area contributed by atoms with Gasteiger partial charge in [-0.05, 0) is 48.2 Å². The molecule has 0 spiro atoms. The molecule has 0 bridgehead atoms. The second-order valence-electron chi connectivity index (χ2n) is 6.23. The highest BCUT2D eigenvalue weighted by Gasteiger charge is 2.25. The Labute approximate surface area is 182 Å². The number of carbonyl (C=O) groups excluding carboxylic acids is 1. The SMILES string of the molecule is COc1ccc(N=C2NC(=O)/C(=C\c3ccc(-c4cccc(Cl)c4)o3)S2)c(OC)c1. The summed E-state index contributed by atoms with van der Waals surface area (Å²) < 4.78 is 16.4. The van der Waals surface area contributed by atoms with Gasteiger partial charge in [0.25, 0.3) is 5.91 Å². The van der Waals surface area contributed by atoms with E-state index in [2.05, 4.69) is 10.3 Å². The largest absolute Gasteiger partial charge is 0.497 e. The van der Waals surface area contributed by atoms with Crippen molar-refractivity contribution >= 4 is 46.2 Å². The van der Waals surface area contributed by atoms with E-state index < -0.39 is 0 Å². The van der Waals surface area contributed by atoms with Gasteiger partial charge in [-0.25, -0.2) is 4.99 Å². The molecule has 0 unspecified atom stereocenters. The molecule has 3 aromatic rings. The fraction of sp³-hybridized carbons (Fsp3) is 0.0909. The fourth-order valence-electron chi connectivity index (χ4n) is 2.82. The van der Waals surface area contributed by atoms with Gasteiger partial charge in [0.15, 0.2) is 5.17 Å². The number of aliphatic imine (C=N–C) groups is 1. The van der Waals surface area contributed by atoms with Crippen LogP contribution in [0.3, 0.4) is 0 Å². The zero-order valence-corrected chi connectivity index (χ0v) is 17.7. The van der Waals surface area contributed by atoms with Crippen molar-refractivity contribution in [3.05, 3.63) is 70.3 Å². The number of thioether (sulfide) groups is 1. The first kappa shape index (κ1) is 20.1. The number of amides is 1. The summed E-state index contributed by atoms with van der Waals surface area (Å²) in [4.78, 5) is 17.3. The summed E-state index contributed by atoms with van der Waals surface area (Å²) in [6, 6.07) is 16.3. The van der Waals surface area contributed by atoms with Crippen LogP contribution in [0.1, 0.15) is 5.76 Å². The Kier molecular flexibility index (Phi) is 5.83. The van der Waals surface area contributed by atoms with Crippen molar-refractivity contribution in [2.45, 2.75) is 0 Å². The number of hydrogen-bond acceptors (Lipinski definition) is 6. The summed E-state index contributed by atoms with van der Waals surface area (Å²) >= 11 is 7.27.